The summed E-state index contributed by atoms with van der Waals surface area (Å²) in [5.74, 6) is -0.492. The normalized spacial score (nSPS) is 18.6. The van der Waals surface area contributed by atoms with Crippen LogP contribution in [-0.2, 0) is 37.0 Å². The maximum Gasteiger partial charge on any atom is 0.421 e. The molecule has 0 unspecified atom stereocenters. The molecule has 2 aromatic heterocycles. The van der Waals surface area contributed by atoms with E-state index >= 15 is 0 Å². The van der Waals surface area contributed by atoms with Crippen LogP contribution in [0.3, 0.4) is 0 Å². The number of benzene rings is 2. The van der Waals surface area contributed by atoms with Gasteiger partial charge in [0.25, 0.3) is 0 Å². The van der Waals surface area contributed by atoms with Gasteiger partial charge in [-0.25, -0.2) is 14.8 Å². The number of halogens is 3. The van der Waals surface area contributed by atoms with Crippen LogP contribution in [0.15, 0.2) is 42.5 Å². The number of nitrogens with zero attached hydrogens (tertiary/aromatic N) is 4. The van der Waals surface area contributed by atoms with Gasteiger partial charge in [-0.15, -0.1) is 0 Å². The number of aromatic carboxylic acids is 1. The van der Waals surface area contributed by atoms with E-state index in [9.17, 15) is 23.1 Å². The minimum Gasteiger partial charge on any atom is -0.494 e. The summed E-state index contributed by atoms with van der Waals surface area (Å²) in [7, 11) is 1.47. The van der Waals surface area contributed by atoms with Crippen LogP contribution >= 0.6 is 0 Å². The molecule has 0 spiro atoms. The number of ether oxygens (including phenoxy) is 3. The van der Waals surface area contributed by atoms with E-state index in [2.05, 4.69) is 9.88 Å². The van der Waals surface area contributed by atoms with Gasteiger partial charge in [-0.3, -0.25) is 4.90 Å². The van der Waals surface area contributed by atoms with E-state index in [1.807, 2.05) is 42.7 Å². The summed E-state index contributed by atoms with van der Waals surface area (Å²) in [5, 5.41) is 9.69. The molecule has 9 nitrogen and oxygen atoms in total. The molecule has 2 aliphatic heterocycles. The number of carboxylic acid groups (broad SMARTS) is 1. The molecule has 44 heavy (non-hydrogen) atoms. The van der Waals surface area contributed by atoms with Crippen molar-refractivity contribution in [3.8, 4) is 11.6 Å². The first-order valence-corrected chi connectivity index (χ1v) is 14.5. The van der Waals surface area contributed by atoms with Crippen LogP contribution in [0.4, 0.5) is 13.2 Å². The highest BCUT2D eigenvalue weighted by molar-refractivity contribution is 5.95. The lowest BCUT2D eigenvalue weighted by Crippen LogP contribution is -2.36. The smallest absolute Gasteiger partial charge is 0.421 e. The molecule has 4 heterocycles. The van der Waals surface area contributed by atoms with Crippen LogP contribution in [0.5, 0.6) is 11.6 Å². The molecule has 4 aromatic rings. The van der Waals surface area contributed by atoms with Gasteiger partial charge in [-0.05, 0) is 56.0 Å². The minimum atomic E-state index is -4.62. The van der Waals surface area contributed by atoms with Crippen LogP contribution in [0, 0.1) is 6.92 Å². The number of aryl methyl sites for hydroxylation is 1. The van der Waals surface area contributed by atoms with Crippen molar-refractivity contribution < 1.29 is 37.3 Å². The quantitative estimate of drug-likeness (QED) is 0.248. The molecule has 2 aliphatic rings. The first-order valence-electron chi connectivity index (χ1n) is 14.5. The predicted molar refractivity (Wildman–Crippen MR) is 155 cm³/mol. The van der Waals surface area contributed by atoms with Crippen molar-refractivity contribution in [3.63, 3.8) is 0 Å². The average Bonchev–Trinajstić information content (AvgIpc) is 3.31. The lowest BCUT2D eigenvalue weighted by atomic mass is 9.97. The Labute approximate surface area is 252 Å². The molecule has 0 radical (unpaired) electrons. The second kappa shape index (κ2) is 11.7. The summed E-state index contributed by atoms with van der Waals surface area (Å²) >= 11 is 0. The van der Waals surface area contributed by atoms with Crippen molar-refractivity contribution in [2.45, 2.75) is 64.7 Å². The Morgan fingerprint density at radius 2 is 1.91 bits per heavy atom. The maximum absolute atomic E-state index is 14.1. The van der Waals surface area contributed by atoms with Gasteiger partial charge in [0.15, 0.2) is 0 Å². The van der Waals surface area contributed by atoms with Gasteiger partial charge in [0, 0.05) is 13.2 Å². The highest BCUT2D eigenvalue weighted by Crippen LogP contribution is 2.40. The number of hydrogen-bond donors (Lipinski definition) is 1. The molecule has 1 saturated heterocycles. The highest BCUT2D eigenvalue weighted by atomic mass is 19.4. The van der Waals surface area contributed by atoms with E-state index < -0.39 is 23.6 Å². The number of carbonyl (C=O) groups is 1. The summed E-state index contributed by atoms with van der Waals surface area (Å²) < 4.78 is 61.1. The largest absolute Gasteiger partial charge is 0.494 e. The molecular formula is C32H33F3N4O5. The highest BCUT2D eigenvalue weighted by Gasteiger charge is 2.38. The molecule has 1 fully saturated rings. The molecule has 0 bridgehead atoms. The Bertz CT molecular complexity index is 1700. The number of carboxylic acids is 1. The van der Waals surface area contributed by atoms with Crippen molar-refractivity contribution in [1.82, 2.24) is 19.4 Å². The van der Waals surface area contributed by atoms with Crippen LogP contribution in [0.1, 0.15) is 63.5 Å². The van der Waals surface area contributed by atoms with Crippen molar-refractivity contribution >= 4 is 17.0 Å². The molecule has 6 rings (SSSR count). The van der Waals surface area contributed by atoms with E-state index in [4.69, 9.17) is 19.2 Å². The summed E-state index contributed by atoms with van der Waals surface area (Å²) in [6.07, 6.45) is -3.40. The Morgan fingerprint density at radius 1 is 1.16 bits per heavy atom. The summed E-state index contributed by atoms with van der Waals surface area (Å²) in [6, 6.07) is 11.3. The van der Waals surface area contributed by atoms with E-state index in [0.29, 0.717) is 66.5 Å². The molecular weight excluding hydrogens is 577 g/mol. The number of imidazole rings is 1. The fraction of sp³-hybridized carbons (Fsp3) is 0.406. The molecule has 2 aromatic carbocycles. The third-order valence-corrected chi connectivity index (χ3v) is 8.40. The van der Waals surface area contributed by atoms with Crippen LogP contribution in [-0.4, -0.2) is 56.9 Å². The molecule has 0 saturated carbocycles. The van der Waals surface area contributed by atoms with Gasteiger partial charge >= 0.3 is 12.1 Å². The number of methoxy groups -OCH3 is 1. The van der Waals surface area contributed by atoms with Gasteiger partial charge in [0.1, 0.15) is 29.3 Å². The first-order chi connectivity index (χ1) is 21.0. The minimum absolute atomic E-state index is 0.0270. The number of rotatable bonds is 9. The Hall–Kier alpha value is -4.16. The predicted octanol–water partition coefficient (Wildman–Crippen LogP) is 5.95. The molecule has 0 amide bonds. The molecule has 2 atom stereocenters. The molecule has 0 aliphatic carbocycles. The summed E-state index contributed by atoms with van der Waals surface area (Å²) in [4.78, 5) is 23.3. The van der Waals surface area contributed by atoms with Gasteiger partial charge in [-0.1, -0.05) is 29.8 Å². The second-order valence-electron chi connectivity index (χ2n) is 11.3. The van der Waals surface area contributed by atoms with E-state index in [-0.39, 0.29) is 24.3 Å². The number of hydrogen-bond acceptors (Lipinski definition) is 7. The standard InChI is InChI=1S/C32H33F3N4O5/c1-18-4-6-20(7-5-18)17-44-30-24(32(33,34)35)12-21-8-10-38(19(2)28(21)37-30)16-27-36-29-25(39(27)15-23-9-11-43-23)13-22(31(40)41)14-26(29)42-3/h4-7,12-14,19,23H,8-11,15-17H2,1-3H3,(H,40,41)/t19-,23-/m0/s1. The van der Waals surface area contributed by atoms with Crippen LogP contribution in [0.2, 0.25) is 0 Å². The summed E-state index contributed by atoms with van der Waals surface area (Å²) in [5.41, 5.74) is 3.21. The van der Waals surface area contributed by atoms with Gasteiger partial charge in [0.05, 0.1) is 49.1 Å². The number of fused-ring (bicyclic) bond motifs is 2. The zero-order valence-electron chi connectivity index (χ0n) is 24.6. The molecule has 232 valence electrons. The first kappa shape index (κ1) is 29.9. The third kappa shape index (κ3) is 5.83. The van der Waals surface area contributed by atoms with Crippen molar-refractivity contribution in [2.75, 3.05) is 20.3 Å². The Morgan fingerprint density at radius 3 is 2.55 bits per heavy atom. The topological polar surface area (TPSA) is 98.9 Å². The van der Waals surface area contributed by atoms with Crippen molar-refractivity contribution in [1.29, 1.82) is 0 Å². The van der Waals surface area contributed by atoms with Crippen molar-refractivity contribution in [2.24, 2.45) is 0 Å². The fourth-order valence-electron chi connectivity index (χ4n) is 5.77. The van der Waals surface area contributed by atoms with E-state index in [1.54, 1.807) is 6.07 Å². The summed E-state index contributed by atoms with van der Waals surface area (Å²) in [6.45, 7) is 5.79. The molecule has 1 N–H and O–H groups in total. The number of alkyl halides is 3. The zero-order valence-corrected chi connectivity index (χ0v) is 24.6. The molecule has 12 heteroatoms. The van der Waals surface area contributed by atoms with Gasteiger partial charge in [-0.2, -0.15) is 13.2 Å². The Balaban J connectivity index is 1.33. The third-order valence-electron chi connectivity index (χ3n) is 8.40. The maximum atomic E-state index is 14.1. The fourth-order valence-corrected chi connectivity index (χ4v) is 5.77. The van der Waals surface area contributed by atoms with E-state index in [0.717, 1.165) is 17.5 Å². The zero-order chi connectivity index (χ0) is 31.2. The second-order valence-corrected chi connectivity index (χ2v) is 11.3. The van der Waals surface area contributed by atoms with Gasteiger partial charge in [0.2, 0.25) is 5.88 Å². The van der Waals surface area contributed by atoms with E-state index in [1.165, 1.54) is 19.2 Å². The van der Waals surface area contributed by atoms with Crippen LogP contribution < -0.4 is 9.47 Å². The average molecular weight is 611 g/mol. The monoisotopic (exact) mass is 610 g/mol. The number of aromatic nitrogens is 3. The van der Waals surface area contributed by atoms with Crippen molar-refractivity contribution in [3.05, 3.63) is 81.8 Å². The SMILES string of the molecule is COc1cc(C(=O)O)cc2c1nc(CN1CCc3cc(C(F)(F)F)c(OCc4ccc(C)cc4)nc3[C@@H]1C)n2C[C@@H]1CCO1. The van der Waals surface area contributed by atoms with Gasteiger partial charge < -0.3 is 23.9 Å². The lowest BCUT2D eigenvalue weighted by Gasteiger charge is -2.35. The number of pyridine rings is 1. The Kier molecular flexibility index (Phi) is 7.97. The lowest BCUT2D eigenvalue weighted by molar-refractivity contribution is -0.139. The van der Waals surface area contributed by atoms with Crippen LogP contribution in [0.25, 0.3) is 11.0 Å².